The highest BCUT2D eigenvalue weighted by Crippen LogP contribution is 2.25. The number of amides is 1. The van der Waals surface area contributed by atoms with Gasteiger partial charge >= 0.3 is 0 Å². The SMILES string of the molecule is CCC(Sc1cc(C)ncn1)C(=O)Nc1ccc(Cl)cc1. The van der Waals surface area contributed by atoms with Gasteiger partial charge in [-0.15, -0.1) is 0 Å². The molecule has 110 valence electrons. The number of aromatic nitrogens is 2. The van der Waals surface area contributed by atoms with Gasteiger partial charge in [-0.3, -0.25) is 4.79 Å². The normalized spacial score (nSPS) is 12.0. The molecular weight excluding hydrogens is 306 g/mol. The molecule has 1 unspecified atom stereocenters. The minimum absolute atomic E-state index is 0.0407. The molecule has 0 radical (unpaired) electrons. The molecule has 4 nitrogen and oxygen atoms in total. The minimum atomic E-state index is -0.199. The summed E-state index contributed by atoms with van der Waals surface area (Å²) in [6.45, 7) is 3.88. The number of aryl methyl sites for hydroxylation is 1. The van der Waals surface area contributed by atoms with Crippen LogP contribution in [0.15, 0.2) is 41.7 Å². The minimum Gasteiger partial charge on any atom is -0.325 e. The number of benzene rings is 1. The fraction of sp³-hybridized carbons (Fsp3) is 0.267. The summed E-state index contributed by atoms with van der Waals surface area (Å²) >= 11 is 7.27. The Morgan fingerprint density at radius 2 is 2.05 bits per heavy atom. The van der Waals surface area contributed by atoms with E-state index >= 15 is 0 Å². The predicted octanol–water partition coefficient (Wildman–Crippen LogP) is 3.95. The molecule has 0 aliphatic heterocycles. The number of nitrogens with one attached hydrogen (secondary N) is 1. The summed E-state index contributed by atoms with van der Waals surface area (Å²) < 4.78 is 0. The van der Waals surface area contributed by atoms with Gasteiger partial charge in [0.1, 0.15) is 11.4 Å². The number of hydrogen-bond donors (Lipinski definition) is 1. The van der Waals surface area contributed by atoms with Crippen LogP contribution in [0.1, 0.15) is 19.0 Å². The van der Waals surface area contributed by atoms with Crippen LogP contribution >= 0.6 is 23.4 Å². The number of rotatable bonds is 5. The van der Waals surface area contributed by atoms with Gasteiger partial charge in [0.15, 0.2) is 0 Å². The van der Waals surface area contributed by atoms with Crippen molar-refractivity contribution in [3.05, 3.63) is 47.4 Å². The van der Waals surface area contributed by atoms with Crippen LogP contribution in [0.4, 0.5) is 5.69 Å². The molecule has 0 saturated heterocycles. The van der Waals surface area contributed by atoms with Crippen LogP contribution in [0, 0.1) is 6.92 Å². The second-order valence-electron chi connectivity index (χ2n) is 4.51. The number of thioether (sulfide) groups is 1. The fourth-order valence-electron chi connectivity index (χ4n) is 1.72. The lowest BCUT2D eigenvalue weighted by Crippen LogP contribution is -2.24. The summed E-state index contributed by atoms with van der Waals surface area (Å²) in [5.41, 5.74) is 1.63. The van der Waals surface area contributed by atoms with Crippen molar-refractivity contribution in [1.29, 1.82) is 0 Å². The van der Waals surface area contributed by atoms with E-state index in [1.165, 1.54) is 18.1 Å². The summed E-state index contributed by atoms with van der Waals surface area (Å²) in [6.07, 6.45) is 2.23. The molecule has 0 aliphatic carbocycles. The second kappa shape index (κ2) is 7.43. The monoisotopic (exact) mass is 321 g/mol. The molecule has 0 saturated carbocycles. The van der Waals surface area contributed by atoms with Crippen LogP contribution in [0.3, 0.4) is 0 Å². The van der Waals surface area contributed by atoms with E-state index in [4.69, 9.17) is 11.6 Å². The Morgan fingerprint density at radius 3 is 2.67 bits per heavy atom. The van der Waals surface area contributed by atoms with Crippen LogP contribution in [0.2, 0.25) is 5.02 Å². The quantitative estimate of drug-likeness (QED) is 0.669. The number of anilines is 1. The number of halogens is 1. The van der Waals surface area contributed by atoms with Gasteiger partial charge in [0.05, 0.1) is 5.25 Å². The first-order chi connectivity index (χ1) is 10.1. The van der Waals surface area contributed by atoms with Crippen molar-refractivity contribution in [2.75, 3.05) is 5.32 Å². The Balaban J connectivity index is 2.03. The lowest BCUT2D eigenvalue weighted by molar-refractivity contribution is -0.115. The van der Waals surface area contributed by atoms with E-state index in [0.717, 1.165) is 16.4 Å². The second-order valence-corrected chi connectivity index (χ2v) is 6.17. The first-order valence-electron chi connectivity index (χ1n) is 6.60. The summed E-state index contributed by atoms with van der Waals surface area (Å²) in [5.74, 6) is -0.0407. The topological polar surface area (TPSA) is 54.9 Å². The van der Waals surface area contributed by atoms with Crippen molar-refractivity contribution in [3.63, 3.8) is 0 Å². The van der Waals surface area contributed by atoms with E-state index in [2.05, 4.69) is 15.3 Å². The molecule has 0 bridgehead atoms. The number of carbonyl (C=O) groups is 1. The average molecular weight is 322 g/mol. The summed E-state index contributed by atoms with van der Waals surface area (Å²) in [6, 6.07) is 8.94. The Labute approximate surface area is 133 Å². The maximum atomic E-state index is 12.3. The van der Waals surface area contributed by atoms with Crippen molar-refractivity contribution >= 4 is 35.0 Å². The molecule has 1 heterocycles. The first-order valence-corrected chi connectivity index (χ1v) is 7.86. The molecule has 0 fully saturated rings. The molecule has 1 N–H and O–H groups in total. The van der Waals surface area contributed by atoms with Crippen molar-refractivity contribution in [2.45, 2.75) is 30.5 Å². The third-order valence-corrected chi connectivity index (χ3v) is 4.37. The molecule has 2 rings (SSSR count). The van der Waals surface area contributed by atoms with E-state index in [1.807, 2.05) is 19.9 Å². The fourth-order valence-corrected chi connectivity index (χ4v) is 2.82. The molecule has 6 heteroatoms. The molecule has 21 heavy (non-hydrogen) atoms. The molecule has 2 aromatic rings. The highest BCUT2D eigenvalue weighted by molar-refractivity contribution is 8.00. The molecule has 0 spiro atoms. The lowest BCUT2D eigenvalue weighted by Gasteiger charge is -2.14. The van der Waals surface area contributed by atoms with Crippen LogP contribution in [0.25, 0.3) is 0 Å². The van der Waals surface area contributed by atoms with E-state index < -0.39 is 0 Å². The van der Waals surface area contributed by atoms with E-state index in [9.17, 15) is 4.79 Å². The summed E-state index contributed by atoms with van der Waals surface area (Å²) in [5, 5.41) is 4.14. The van der Waals surface area contributed by atoms with Crippen LogP contribution in [-0.4, -0.2) is 21.1 Å². The van der Waals surface area contributed by atoms with Gasteiger partial charge in [-0.2, -0.15) is 0 Å². The Bertz CT molecular complexity index is 619. The van der Waals surface area contributed by atoms with Gasteiger partial charge in [-0.1, -0.05) is 30.3 Å². The maximum absolute atomic E-state index is 12.3. The van der Waals surface area contributed by atoms with Crippen LogP contribution in [0.5, 0.6) is 0 Å². The van der Waals surface area contributed by atoms with Gasteiger partial charge < -0.3 is 5.32 Å². The lowest BCUT2D eigenvalue weighted by atomic mass is 10.3. The third-order valence-electron chi connectivity index (χ3n) is 2.82. The van der Waals surface area contributed by atoms with Crippen molar-refractivity contribution in [2.24, 2.45) is 0 Å². The zero-order chi connectivity index (χ0) is 15.2. The average Bonchev–Trinajstić information content (AvgIpc) is 2.47. The van der Waals surface area contributed by atoms with Crippen LogP contribution in [-0.2, 0) is 4.79 Å². The zero-order valence-electron chi connectivity index (χ0n) is 11.8. The van der Waals surface area contributed by atoms with Gasteiger partial charge in [-0.05, 0) is 43.7 Å². The number of carbonyl (C=O) groups excluding carboxylic acids is 1. The number of nitrogens with zero attached hydrogens (tertiary/aromatic N) is 2. The summed E-state index contributed by atoms with van der Waals surface area (Å²) in [4.78, 5) is 20.5. The van der Waals surface area contributed by atoms with Crippen molar-refractivity contribution in [1.82, 2.24) is 9.97 Å². The van der Waals surface area contributed by atoms with Crippen LogP contribution < -0.4 is 5.32 Å². The van der Waals surface area contributed by atoms with Gasteiger partial charge in [0, 0.05) is 16.4 Å². The summed E-state index contributed by atoms with van der Waals surface area (Å²) in [7, 11) is 0. The van der Waals surface area contributed by atoms with Gasteiger partial charge in [0.2, 0.25) is 5.91 Å². The third kappa shape index (κ3) is 4.72. The first kappa shape index (κ1) is 15.8. The zero-order valence-corrected chi connectivity index (χ0v) is 13.4. The van der Waals surface area contributed by atoms with E-state index in [1.54, 1.807) is 24.3 Å². The predicted molar refractivity (Wildman–Crippen MR) is 86.8 cm³/mol. The largest absolute Gasteiger partial charge is 0.325 e. The van der Waals surface area contributed by atoms with Crippen molar-refractivity contribution in [3.8, 4) is 0 Å². The molecule has 1 atom stereocenters. The Morgan fingerprint density at radius 1 is 1.33 bits per heavy atom. The van der Waals surface area contributed by atoms with Crippen molar-refractivity contribution < 1.29 is 4.79 Å². The highest BCUT2D eigenvalue weighted by atomic mass is 35.5. The highest BCUT2D eigenvalue weighted by Gasteiger charge is 2.18. The molecular formula is C15H16ClN3OS. The maximum Gasteiger partial charge on any atom is 0.237 e. The Kier molecular flexibility index (Phi) is 5.59. The standard InChI is InChI=1S/C15H16ClN3OS/c1-3-13(21-14-8-10(2)17-9-18-14)15(20)19-12-6-4-11(16)5-7-12/h4-9,13H,3H2,1-2H3,(H,19,20). The molecule has 1 aromatic heterocycles. The van der Waals surface area contributed by atoms with Gasteiger partial charge in [0.25, 0.3) is 0 Å². The van der Waals surface area contributed by atoms with E-state index in [-0.39, 0.29) is 11.2 Å². The molecule has 1 aromatic carbocycles. The Hall–Kier alpha value is -1.59. The van der Waals surface area contributed by atoms with E-state index in [0.29, 0.717) is 11.4 Å². The smallest absolute Gasteiger partial charge is 0.237 e. The van der Waals surface area contributed by atoms with Gasteiger partial charge in [-0.25, -0.2) is 9.97 Å². The molecule has 1 amide bonds. The number of hydrogen-bond acceptors (Lipinski definition) is 4. The molecule has 0 aliphatic rings.